The van der Waals surface area contributed by atoms with Crippen LogP contribution in [-0.4, -0.2) is 26.0 Å². The van der Waals surface area contributed by atoms with Gasteiger partial charge in [-0.15, -0.1) is 0 Å². The number of rotatable bonds is 5. The Kier molecular flexibility index (Phi) is 4.33. The minimum Gasteiger partial charge on any atom is -0.467 e. The zero-order valence-electron chi connectivity index (χ0n) is 13.9. The van der Waals surface area contributed by atoms with Gasteiger partial charge < -0.3 is 9.32 Å². The molecule has 3 aromatic heterocycles. The Bertz CT molecular complexity index is 826. The van der Waals surface area contributed by atoms with Gasteiger partial charge in [-0.05, 0) is 42.2 Å². The van der Waals surface area contributed by atoms with E-state index in [0.717, 1.165) is 36.3 Å². The first-order valence-corrected chi connectivity index (χ1v) is 8.51. The quantitative estimate of drug-likeness (QED) is 0.777. The number of H-pyrrole nitrogens is 1. The van der Waals surface area contributed by atoms with E-state index in [1.807, 2.05) is 35.4 Å². The number of hydrogen-bond acceptors (Lipinski definition) is 4. The number of furan rings is 1. The first kappa shape index (κ1) is 15.6. The Morgan fingerprint density at radius 1 is 1.28 bits per heavy atom. The van der Waals surface area contributed by atoms with Crippen LogP contribution in [0.25, 0.3) is 0 Å². The number of amides is 1. The van der Waals surface area contributed by atoms with Gasteiger partial charge in [0.15, 0.2) is 0 Å². The summed E-state index contributed by atoms with van der Waals surface area (Å²) in [6.45, 7) is 0.993. The largest absolute Gasteiger partial charge is 0.467 e. The van der Waals surface area contributed by atoms with E-state index < -0.39 is 0 Å². The van der Waals surface area contributed by atoms with Crippen molar-refractivity contribution in [1.29, 1.82) is 0 Å². The molecule has 0 unspecified atom stereocenters. The van der Waals surface area contributed by atoms with Crippen molar-refractivity contribution >= 4 is 5.91 Å². The molecule has 1 aliphatic rings. The number of carbonyl (C=O) groups excluding carboxylic acids is 1. The van der Waals surface area contributed by atoms with Gasteiger partial charge in [0.1, 0.15) is 5.76 Å². The predicted octanol–water partition coefficient (Wildman–Crippen LogP) is 2.73. The number of pyridine rings is 1. The normalized spacial score (nSPS) is 16.4. The van der Waals surface area contributed by atoms with Crippen LogP contribution in [0.15, 0.2) is 53.5 Å². The van der Waals surface area contributed by atoms with Crippen molar-refractivity contribution in [3.05, 3.63) is 71.7 Å². The third-order valence-electron chi connectivity index (χ3n) is 4.70. The summed E-state index contributed by atoms with van der Waals surface area (Å²) in [6, 6.07) is 7.63. The average molecular weight is 336 g/mol. The number of nitrogens with one attached hydrogen (secondary N) is 1. The third-order valence-corrected chi connectivity index (χ3v) is 4.70. The summed E-state index contributed by atoms with van der Waals surface area (Å²) in [5.41, 5.74) is 3.33. The van der Waals surface area contributed by atoms with Crippen molar-refractivity contribution in [3.63, 3.8) is 0 Å². The Hall–Kier alpha value is -2.89. The fraction of sp³-hybridized carbons (Fsp3) is 0.316. The average Bonchev–Trinajstić information content (AvgIpc) is 3.32. The van der Waals surface area contributed by atoms with Gasteiger partial charge in [-0.25, -0.2) is 0 Å². The molecule has 1 aliphatic carbocycles. The van der Waals surface area contributed by atoms with Gasteiger partial charge in [-0.3, -0.25) is 14.9 Å². The molecule has 1 N–H and O–H groups in total. The minimum absolute atomic E-state index is 0.0282. The van der Waals surface area contributed by atoms with E-state index in [1.165, 1.54) is 5.56 Å². The van der Waals surface area contributed by atoms with Crippen LogP contribution in [-0.2, 0) is 30.7 Å². The monoisotopic (exact) mass is 336 g/mol. The van der Waals surface area contributed by atoms with E-state index in [1.54, 1.807) is 18.7 Å². The van der Waals surface area contributed by atoms with E-state index in [-0.39, 0.29) is 11.8 Å². The number of aromatic amines is 1. The standard InChI is InChI=1S/C19H20N4O2/c24-19(15-5-6-16-11-21-22-18(16)9-15)23(13-17-4-2-8-25-17)12-14-3-1-7-20-10-14/h1-4,7-8,10-11,15H,5-6,9,12-13H2,(H,21,22)/t15-/m1/s1. The molecule has 0 radical (unpaired) electrons. The first-order valence-electron chi connectivity index (χ1n) is 8.51. The highest BCUT2D eigenvalue weighted by molar-refractivity contribution is 5.79. The summed E-state index contributed by atoms with van der Waals surface area (Å²) in [7, 11) is 0. The maximum atomic E-state index is 13.2. The summed E-state index contributed by atoms with van der Waals surface area (Å²) in [5, 5.41) is 7.13. The van der Waals surface area contributed by atoms with E-state index in [0.29, 0.717) is 13.1 Å². The zero-order valence-corrected chi connectivity index (χ0v) is 13.9. The van der Waals surface area contributed by atoms with Gasteiger partial charge in [-0.2, -0.15) is 5.10 Å². The molecule has 128 valence electrons. The van der Waals surface area contributed by atoms with Gasteiger partial charge in [0.25, 0.3) is 0 Å². The first-order chi connectivity index (χ1) is 12.3. The molecule has 6 nitrogen and oxygen atoms in total. The molecule has 3 aromatic rings. The number of carbonyl (C=O) groups is 1. The van der Waals surface area contributed by atoms with Crippen molar-refractivity contribution < 1.29 is 9.21 Å². The molecule has 3 heterocycles. The van der Waals surface area contributed by atoms with E-state index in [9.17, 15) is 4.79 Å². The van der Waals surface area contributed by atoms with Crippen molar-refractivity contribution in [3.8, 4) is 0 Å². The number of hydrogen-bond donors (Lipinski definition) is 1. The lowest BCUT2D eigenvalue weighted by atomic mass is 9.87. The summed E-state index contributed by atoms with van der Waals surface area (Å²) in [5.74, 6) is 0.912. The van der Waals surface area contributed by atoms with Crippen molar-refractivity contribution in [2.45, 2.75) is 32.4 Å². The molecule has 25 heavy (non-hydrogen) atoms. The van der Waals surface area contributed by atoms with Gasteiger partial charge in [0.05, 0.1) is 19.0 Å². The Morgan fingerprint density at radius 2 is 2.24 bits per heavy atom. The summed E-state index contributed by atoms with van der Waals surface area (Å²) >= 11 is 0. The van der Waals surface area contributed by atoms with Gasteiger partial charge >= 0.3 is 0 Å². The SMILES string of the molecule is O=C([C@@H]1CCc2cn[nH]c2C1)N(Cc1cccnc1)Cc1ccco1. The minimum atomic E-state index is -0.0282. The van der Waals surface area contributed by atoms with Crippen molar-refractivity contribution in [1.82, 2.24) is 20.1 Å². The summed E-state index contributed by atoms with van der Waals surface area (Å²) in [6.07, 6.45) is 9.51. The second-order valence-electron chi connectivity index (χ2n) is 6.45. The maximum absolute atomic E-state index is 13.2. The number of fused-ring (bicyclic) bond motifs is 1. The molecule has 0 aliphatic heterocycles. The zero-order chi connectivity index (χ0) is 17.1. The molecular weight excluding hydrogens is 316 g/mol. The fourth-order valence-electron chi connectivity index (χ4n) is 3.39. The molecule has 0 aromatic carbocycles. The van der Waals surface area contributed by atoms with Crippen LogP contribution in [0.5, 0.6) is 0 Å². The molecule has 0 fully saturated rings. The number of nitrogens with zero attached hydrogens (tertiary/aromatic N) is 3. The molecule has 0 bridgehead atoms. The molecule has 1 atom stereocenters. The van der Waals surface area contributed by atoms with Crippen LogP contribution in [0.1, 0.15) is 29.0 Å². The predicted molar refractivity (Wildman–Crippen MR) is 91.3 cm³/mol. The molecule has 0 spiro atoms. The van der Waals surface area contributed by atoms with Gasteiger partial charge in [-0.1, -0.05) is 6.07 Å². The fourth-order valence-corrected chi connectivity index (χ4v) is 3.39. The molecule has 6 heteroatoms. The lowest BCUT2D eigenvalue weighted by molar-refractivity contribution is -0.137. The number of aromatic nitrogens is 3. The Balaban J connectivity index is 1.53. The third kappa shape index (κ3) is 3.47. The molecular formula is C19H20N4O2. The van der Waals surface area contributed by atoms with E-state index in [4.69, 9.17) is 4.42 Å². The highest BCUT2D eigenvalue weighted by Crippen LogP contribution is 2.26. The van der Waals surface area contributed by atoms with Crippen molar-refractivity contribution in [2.75, 3.05) is 0 Å². The number of aryl methyl sites for hydroxylation is 1. The Labute approximate surface area is 145 Å². The molecule has 0 saturated heterocycles. The van der Waals surface area contributed by atoms with Crippen LogP contribution in [0.2, 0.25) is 0 Å². The van der Waals surface area contributed by atoms with Gasteiger partial charge in [0, 0.05) is 37.0 Å². The van der Waals surface area contributed by atoms with E-state index in [2.05, 4.69) is 15.2 Å². The van der Waals surface area contributed by atoms with Crippen LogP contribution in [0.4, 0.5) is 0 Å². The lowest BCUT2D eigenvalue weighted by Gasteiger charge is -2.28. The van der Waals surface area contributed by atoms with E-state index >= 15 is 0 Å². The highest BCUT2D eigenvalue weighted by atomic mass is 16.3. The highest BCUT2D eigenvalue weighted by Gasteiger charge is 2.29. The van der Waals surface area contributed by atoms with Crippen LogP contribution in [0.3, 0.4) is 0 Å². The second-order valence-corrected chi connectivity index (χ2v) is 6.45. The topological polar surface area (TPSA) is 75.0 Å². The smallest absolute Gasteiger partial charge is 0.226 e. The Morgan fingerprint density at radius 3 is 3.04 bits per heavy atom. The molecule has 1 amide bonds. The van der Waals surface area contributed by atoms with Crippen LogP contribution >= 0.6 is 0 Å². The van der Waals surface area contributed by atoms with Crippen LogP contribution < -0.4 is 0 Å². The summed E-state index contributed by atoms with van der Waals surface area (Å²) in [4.78, 5) is 19.2. The summed E-state index contributed by atoms with van der Waals surface area (Å²) < 4.78 is 5.46. The van der Waals surface area contributed by atoms with Gasteiger partial charge in [0.2, 0.25) is 5.91 Å². The molecule has 4 rings (SSSR count). The maximum Gasteiger partial charge on any atom is 0.226 e. The van der Waals surface area contributed by atoms with Crippen LogP contribution in [0, 0.1) is 5.92 Å². The molecule has 0 saturated carbocycles. The van der Waals surface area contributed by atoms with Crippen molar-refractivity contribution in [2.24, 2.45) is 5.92 Å². The lowest BCUT2D eigenvalue weighted by Crippen LogP contribution is -2.37. The second kappa shape index (κ2) is 6.93.